The van der Waals surface area contributed by atoms with E-state index >= 15 is 0 Å². The van der Waals surface area contributed by atoms with Gasteiger partial charge < -0.3 is 4.90 Å². The van der Waals surface area contributed by atoms with Gasteiger partial charge in [-0.15, -0.1) is 0 Å². The molecule has 0 aliphatic carbocycles. The first kappa shape index (κ1) is 16.6. The number of hydrogen-bond acceptors (Lipinski definition) is 1. The van der Waals surface area contributed by atoms with Crippen molar-refractivity contribution in [2.45, 2.75) is 58.4 Å². The van der Waals surface area contributed by atoms with E-state index < -0.39 is 0 Å². The lowest BCUT2D eigenvalue weighted by atomic mass is 10.0. The highest BCUT2D eigenvalue weighted by Crippen LogP contribution is 2.29. The number of anilines is 2. The van der Waals surface area contributed by atoms with Crippen LogP contribution in [0.25, 0.3) is 0 Å². The summed E-state index contributed by atoms with van der Waals surface area (Å²) in [7, 11) is 0. The third kappa shape index (κ3) is 4.91. The van der Waals surface area contributed by atoms with Crippen LogP contribution in [0.3, 0.4) is 0 Å². The van der Waals surface area contributed by atoms with Gasteiger partial charge in [-0.1, -0.05) is 75.4 Å². The Kier molecular flexibility index (Phi) is 7.02. The van der Waals surface area contributed by atoms with Crippen LogP contribution >= 0.6 is 0 Å². The summed E-state index contributed by atoms with van der Waals surface area (Å²) in [5.41, 5.74) is 2.57. The topological polar surface area (TPSA) is 3.24 Å². The molecule has 0 aromatic heterocycles. The van der Waals surface area contributed by atoms with Gasteiger partial charge in [-0.05, 0) is 37.6 Å². The zero-order valence-corrected chi connectivity index (χ0v) is 14.0. The molecule has 0 saturated heterocycles. The van der Waals surface area contributed by atoms with Crippen LogP contribution in [0.2, 0.25) is 0 Å². The van der Waals surface area contributed by atoms with E-state index in [1.165, 1.54) is 49.9 Å². The Morgan fingerprint density at radius 1 is 0.727 bits per heavy atom. The second-order valence-electron chi connectivity index (χ2n) is 6.09. The molecule has 2 aromatic rings. The van der Waals surface area contributed by atoms with Crippen LogP contribution in [0.15, 0.2) is 60.7 Å². The van der Waals surface area contributed by atoms with Gasteiger partial charge in [0.15, 0.2) is 0 Å². The largest absolute Gasteiger partial charge is 0.339 e. The van der Waals surface area contributed by atoms with Crippen molar-refractivity contribution in [3.63, 3.8) is 0 Å². The fourth-order valence-electron chi connectivity index (χ4n) is 3.01. The molecular formula is C21H29N. The molecule has 22 heavy (non-hydrogen) atoms. The molecule has 0 aliphatic rings. The number of rotatable bonds is 9. The lowest BCUT2D eigenvalue weighted by molar-refractivity contribution is 0.556. The molecular weight excluding hydrogens is 266 g/mol. The lowest BCUT2D eigenvalue weighted by Gasteiger charge is -2.31. The van der Waals surface area contributed by atoms with Crippen LogP contribution in [0.4, 0.5) is 11.4 Å². The van der Waals surface area contributed by atoms with E-state index in [0.29, 0.717) is 6.04 Å². The van der Waals surface area contributed by atoms with E-state index in [4.69, 9.17) is 0 Å². The SMILES string of the molecule is CCCCCCCC(C)N(c1ccccc1)c1ccccc1. The molecule has 0 N–H and O–H groups in total. The van der Waals surface area contributed by atoms with Crippen LogP contribution in [0.1, 0.15) is 52.4 Å². The summed E-state index contributed by atoms with van der Waals surface area (Å²) in [6.07, 6.45) is 7.98. The third-order valence-corrected chi connectivity index (χ3v) is 4.23. The monoisotopic (exact) mass is 295 g/mol. The fraction of sp³-hybridized carbons (Fsp3) is 0.429. The average Bonchev–Trinajstić information content (AvgIpc) is 2.57. The summed E-state index contributed by atoms with van der Waals surface area (Å²) in [6.45, 7) is 4.62. The molecule has 2 aromatic carbocycles. The standard InChI is InChI=1S/C21H29N/c1-3-4-5-6-9-14-19(2)22(20-15-10-7-11-16-20)21-17-12-8-13-18-21/h7-8,10-13,15-19H,3-6,9,14H2,1-2H3. The summed E-state index contributed by atoms with van der Waals surface area (Å²) < 4.78 is 0. The molecule has 0 amide bonds. The molecule has 0 spiro atoms. The number of para-hydroxylation sites is 2. The predicted molar refractivity (Wildman–Crippen MR) is 97.9 cm³/mol. The van der Waals surface area contributed by atoms with Crippen LogP contribution in [0.5, 0.6) is 0 Å². The maximum absolute atomic E-state index is 2.47. The van der Waals surface area contributed by atoms with Gasteiger partial charge in [-0.3, -0.25) is 0 Å². The smallest absolute Gasteiger partial charge is 0.0413 e. The molecule has 2 rings (SSSR count). The van der Waals surface area contributed by atoms with Gasteiger partial charge in [0.05, 0.1) is 0 Å². The van der Waals surface area contributed by atoms with Crippen molar-refractivity contribution in [1.29, 1.82) is 0 Å². The van der Waals surface area contributed by atoms with Crippen molar-refractivity contribution in [1.82, 2.24) is 0 Å². The summed E-state index contributed by atoms with van der Waals surface area (Å²) in [5, 5.41) is 0. The van der Waals surface area contributed by atoms with Gasteiger partial charge in [0.1, 0.15) is 0 Å². The van der Waals surface area contributed by atoms with E-state index in [1.54, 1.807) is 0 Å². The zero-order valence-electron chi connectivity index (χ0n) is 14.0. The summed E-state index contributed by atoms with van der Waals surface area (Å²) in [6, 6.07) is 22.0. The molecule has 0 fully saturated rings. The molecule has 1 heteroatoms. The minimum Gasteiger partial charge on any atom is -0.339 e. The van der Waals surface area contributed by atoms with Crippen LogP contribution in [0, 0.1) is 0 Å². The lowest BCUT2D eigenvalue weighted by Crippen LogP contribution is -2.28. The number of benzene rings is 2. The van der Waals surface area contributed by atoms with Gasteiger partial charge in [0, 0.05) is 17.4 Å². The summed E-state index contributed by atoms with van der Waals surface area (Å²) >= 11 is 0. The maximum Gasteiger partial charge on any atom is 0.0413 e. The average molecular weight is 295 g/mol. The van der Waals surface area contributed by atoms with Gasteiger partial charge in [-0.2, -0.15) is 0 Å². The van der Waals surface area contributed by atoms with Crippen molar-refractivity contribution in [2.24, 2.45) is 0 Å². The van der Waals surface area contributed by atoms with E-state index in [0.717, 1.165) is 0 Å². The minimum absolute atomic E-state index is 0.520. The third-order valence-electron chi connectivity index (χ3n) is 4.23. The highest BCUT2D eigenvalue weighted by atomic mass is 15.2. The molecule has 0 aliphatic heterocycles. The molecule has 1 atom stereocenters. The first-order valence-electron chi connectivity index (χ1n) is 8.72. The van der Waals surface area contributed by atoms with Crippen LogP contribution in [-0.4, -0.2) is 6.04 Å². The van der Waals surface area contributed by atoms with Crippen molar-refractivity contribution >= 4 is 11.4 Å². The first-order valence-corrected chi connectivity index (χ1v) is 8.72. The Morgan fingerprint density at radius 3 is 1.73 bits per heavy atom. The second kappa shape index (κ2) is 9.30. The van der Waals surface area contributed by atoms with Crippen molar-refractivity contribution in [3.05, 3.63) is 60.7 Å². The number of nitrogens with zero attached hydrogens (tertiary/aromatic N) is 1. The molecule has 118 valence electrons. The van der Waals surface area contributed by atoms with Gasteiger partial charge in [-0.25, -0.2) is 0 Å². The van der Waals surface area contributed by atoms with Crippen molar-refractivity contribution in [3.8, 4) is 0 Å². The summed E-state index contributed by atoms with van der Waals surface area (Å²) in [4.78, 5) is 2.47. The van der Waals surface area contributed by atoms with Crippen molar-refractivity contribution in [2.75, 3.05) is 4.90 Å². The Labute approximate surface area is 136 Å². The Balaban J connectivity index is 2.05. The highest BCUT2D eigenvalue weighted by Gasteiger charge is 2.15. The van der Waals surface area contributed by atoms with E-state index in [1.807, 2.05) is 0 Å². The minimum atomic E-state index is 0.520. The van der Waals surface area contributed by atoms with E-state index in [-0.39, 0.29) is 0 Å². The molecule has 0 bridgehead atoms. The van der Waals surface area contributed by atoms with Crippen LogP contribution in [-0.2, 0) is 0 Å². The Bertz CT molecular complexity index is 466. The normalized spacial score (nSPS) is 12.1. The summed E-state index contributed by atoms with van der Waals surface area (Å²) in [5.74, 6) is 0. The second-order valence-corrected chi connectivity index (χ2v) is 6.09. The molecule has 0 saturated carbocycles. The van der Waals surface area contributed by atoms with Gasteiger partial charge in [0.25, 0.3) is 0 Å². The van der Waals surface area contributed by atoms with E-state index in [9.17, 15) is 0 Å². The zero-order chi connectivity index (χ0) is 15.6. The molecule has 0 heterocycles. The van der Waals surface area contributed by atoms with Gasteiger partial charge in [0.2, 0.25) is 0 Å². The predicted octanol–water partition coefficient (Wildman–Crippen LogP) is 6.57. The maximum atomic E-state index is 2.47. The molecule has 0 radical (unpaired) electrons. The Morgan fingerprint density at radius 2 is 1.23 bits per heavy atom. The van der Waals surface area contributed by atoms with Gasteiger partial charge >= 0.3 is 0 Å². The molecule has 1 unspecified atom stereocenters. The first-order chi connectivity index (χ1) is 10.8. The Hall–Kier alpha value is -1.76. The quantitative estimate of drug-likeness (QED) is 0.473. The fourth-order valence-corrected chi connectivity index (χ4v) is 3.01. The van der Waals surface area contributed by atoms with Crippen molar-refractivity contribution < 1.29 is 0 Å². The molecule has 1 nitrogen and oxygen atoms in total. The van der Waals surface area contributed by atoms with E-state index in [2.05, 4.69) is 79.4 Å². The van der Waals surface area contributed by atoms with Crippen LogP contribution < -0.4 is 4.90 Å². The number of unbranched alkanes of at least 4 members (excludes halogenated alkanes) is 4. The highest BCUT2D eigenvalue weighted by molar-refractivity contribution is 5.63. The number of hydrogen-bond donors (Lipinski definition) is 0.